The first-order valence-corrected chi connectivity index (χ1v) is 5.51. The highest BCUT2D eigenvalue weighted by atomic mass is 35.5. The minimum absolute atomic E-state index is 0.0666. The van der Waals surface area contributed by atoms with Gasteiger partial charge in [0.1, 0.15) is 16.7 Å². The summed E-state index contributed by atoms with van der Waals surface area (Å²) in [5, 5.41) is 9.35. The maximum absolute atomic E-state index is 8.83. The molecule has 2 N–H and O–H groups in total. The molecule has 4 heteroatoms. The van der Waals surface area contributed by atoms with Crippen molar-refractivity contribution in [1.82, 2.24) is 9.97 Å². The van der Waals surface area contributed by atoms with E-state index in [9.17, 15) is 0 Å². The van der Waals surface area contributed by atoms with Crippen LogP contribution in [0.25, 0.3) is 11.3 Å². The molecule has 0 aliphatic rings. The fourth-order valence-electron chi connectivity index (χ4n) is 1.61. The maximum Gasteiger partial charge on any atom is 0.134 e. The van der Waals surface area contributed by atoms with E-state index in [1.54, 1.807) is 0 Å². The summed E-state index contributed by atoms with van der Waals surface area (Å²) < 4.78 is 0. The zero-order valence-electron chi connectivity index (χ0n) is 9.00. The number of aryl methyl sites for hydroxylation is 1. The summed E-state index contributed by atoms with van der Waals surface area (Å²) in [6.07, 6.45) is 0.492. The summed E-state index contributed by atoms with van der Waals surface area (Å²) in [5.74, 6) is 0.712. The topological polar surface area (TPSA) is 48.9 Å². The predicted molar refractivity (Wildman–Crippen MR) is 64.6 cm³/mol. The number of aliphatic hydroxyl groups excluding tert-OH is 1. The minimum atomic E-state index is 0.0666. The molecule has 0 saturated heterocycles. The number of H-pyrrole nitrogens is 1. The molecule has 0 unspecified atom stereocenters. The number of rotatable bonds is 3. The first-order chi connectivity index (χ1) is 7.70. The van der Waals surface area contributed by atoms with Crippen molar-refractivity contribution in [2.45, 2.75) is 13.3 Å². The van der Waals surface area contributed by atoms with E-state index < -0.39 is 0 Å². The molecule has 0 atom stereocenters. The molecule has 1 aromatic heterocycles. The lowest BCUT2D eigenvalue weighted by atomic mass is 10.1. The van der Waals surface area contributed by atoms with Crippen LogP contribution in [0.15, 0.2) is 24.3 Å². The monoisotopic (exact) mass is 236 g/mol. The Bertz CT molecular complexity index is 494. The van der Waals surface area contributed by atoms with Gasteiger partial charge in [-0.05, 0) is 13.0 Å². The Hall–Kier alpha value is -1.32. The third-order valence-electron chi connectivity index (χ3n) is 2.35. The molecule has 0 amide bonds. The summed E-state index contributed by atoms with van der Waals surface area (Å²) in [5.41, 5.74) is 2.90. The van der Waals surface area contributed by atoms with Gasteiger partial charge in [-0.1, -0.05) is 35.4 Å². The van der Waals surface area contributed by atoms with E-state index >= 15 is 0 Å². The molecule has 2 aromatic rings. The van der Waals surface area contributed by atoms with Crippen LogP contribution in [0.3, 0.4) is 0 Å². The highest BCUT2D eigenvalue weighted by Gasteiger charge is 2.10. The van der Waals surface area contributed by atoms with Crippen molar-refractivity contribution in [2.24, 2.45) is 0 Å². The Morgan fingerprint density at radius 2 is 2.25 bits per heavy atom. The number of hydrogen-bond acceptors (Lipinski definition) is 2. The minimum Gasteiger partial charge on any atom is -0.396 e. The van der Waals surface area contributed by atoms with Gasteiger partial charge in [0.25, 0.3) is 0 Å². The fraction of sp³-hybridized carbons (Fsp3) is 0.250. The van der Waals surface area contributed by atoms with Gasteiger partial charge in [-0.15, -0.1) is 0 Å². The summed E-state index contributed by atoms with van der Waals surface area (Å²) in [7, 11) is 0. The fourth-order valence-corrected chi connectivity index (χ4v) is 1.87. The third kappa shape index (κ3) is 2.26. The second kappa shape index (κ2) is 4.68. The van der Waals surface area contributed by atoms with Crippen LogP contribution in [0, 0.1) is 6.92 Å². The molecule has 0 saturated carbocycles. The van der Waals surface area contributed by atoms with Gasteiger partial charge in [-0.25, -0.2) is 4.98 Å². The molecule has 0 spiro atoms. The van der Waals surface area contributed by atoms with Crippen LogP contribution in [-0.4, -0.2) is 21.7 Å². The van der Waals surface area contributed by atoms with E-state index in [-0.39, 0.29) is 6.61 Å². The lowest BCUT2D eigenvalue weighted by Gasteiger charge is -1.98. The number of nitrogens with one attached hydrogen (secondary N) is 1. The van der Waals surface area contributed by atoms with Crippen molar-refractivity contribution >= 4 is 11.6 Å². The Morgan fingerprint density at radius 3 is 2.94 bits per heavy atom. The normalized spacial score (nSPS) is 10.7. The van der Waals surface area contributed by atoms with Gasteiger partial charge in [0.05, 0.1) is 6.61 Å². The number of halogens is 1. The van der Waals surface area contributed by atoms with Gasteiger partial charge in [0.2, 0.25) is 0 Å². The average Bonchev–Trinajstić information content (AvgIpc) is 2.60. The highest BCUT2D eigenvalue weighted by Crippen LogP contribution is 2.26. The Kier molecular flexibility index (Phi) is 3.27. The van der Waals surface area contributed by atoms with Crippen molar-refractivity contribution < 1.29 is 5.11 Å². The number of aromatic amines is 1. The second-order valence-corrected chi connectivity index (χ2v) is 4.07. The van der Waals surface area contributed by atoms with Crippen LogP contribution in [-0.2, 0) is 6.42 Å². The Balaban J connectivity index is 2.40. The number of hydrogen-bond donors (Lipinski definition) is 2. The summed E-state index contributed by atoms with van der Waals surface area (Å²) >= 11 is 6.07. The Labute approximate surface area is 99.1 Å². The molecule has 0 radical (unpaired) electrons. The van der Waals surface area contributed by atoms with Crippen molar-refractivity contribution in [3.05, 3.63) is 40.8 Å². The number of aromatic nitrogens is 2. The molecular formula is C12H13ClN2O. The highest BCUT2D eigenvalue weighted by molar-refractivity contribution is 6.31. The van der Waals surface area contributed by atoms with Crippen LogP contribution < -0.4 is 0 Å². The SMILES string of the molecule is Cc1cccc(-c2nc(CCO)[nH]c2Cl)c1. The largest absolute Gasteiger partial charge is 0.396 e. The predicted octanol–water partition coefficient (Wildman–Crippen LogP) is 2.57. The van der Waals surface area contributed by atoms with Crippen LogP contribution >= 0.6 is 11.6 Å². The van der Waals surface area contributed by atoms with Gasteiger partial charge < -0.3 is 10.1 Å². The molecule has 0 fully saturated rings. The van der Waals surface area contributed by atoms with Crippen LogP contribution in [0.4, 0.5) is 0 Å². The summed E-state index contributed by atoms with van der Waals surface area (Å²) in [6.45, 7) is 2.09. The van der Waals surface area contributed by atoms with E-state index in [0.717, 1.165) is 11.3 Å². The first-order valence-electron chi connectivity index (χ1n) is 5.13. The van der Waals surface area contributed by atoms with Gasteiger partial charge in [0, 0.05) is 12.0 Å². The van der Waals surface area contributed by atoms with E-state index in [1.165, 1.54) is 5.56 Å². The lowest BCUT2D eigenvalue weighted by Crippen LogP contribution is -1.92. The van der Waals surface area contributed by atoms with Crippen molar-refractivity contribution in [2.75, 3.05) is 6.61 Å². The zero-order valence-corrected chi connectivity index (χ0v) is 9.75. The quantitative estimate of drug-likeness (QED) is 0.861. The van der Waals surface area contributed by atoms with Crippen molar-refractivity contribution in [3.8, 4) is 11.3 Å². The van der Waals surface area contributed by atoms with Crippen LogP contribution in [0.1, 0.15) is 11.4 Å². The molecule has 2 rings (SSSR count). The molecule has 3 nitrogen and oxygen atoms in total. The van der Waals surface area contributed by atoms with E-state index in [1.807, 2.05) is 31.2 Å². The summed E-state index contributed by atoms with van der Waals surface area (Å²) in [6, 6.07) is 8.00. The van der Waals surface area contributed by atoms with Gasteiger partial charge in [-0.3, -0.25) is 0 Å². The van der Waals surface area contributed by atoms with Crippen molar-refractivity contribution in [3.63, 3.8) is 0 Å². The Morgan fingerprint density at radius 1 is 1.44 bits per heavy atom. The van der Waals surface area contributed by atoms with Gasteiger partial charge in [-0.2, -0.15) is 0 Å². The van der Waals surface area contributed by atoms with E-state index in [2.05, 4.69) is 9.97 Å². The van der Waals surface area contributed by atoms with Crippen LogP contribution in [0.5, 0.6) is 0 Å². The lowest BCUT2D eigenvalue weighted by molar-refractivity contribution is 0.297. The molecule has 0 aliphatic heterocycles. The van der Waals surface area contributed by atoms with Crippen LogP contribution in [0.2, 0.25) is 5.15 Å². The molecule has 1 aromatic carbocycles. The second-order valence-electron chi connectivity index (χ2n) is 3.69. The number of benzene rings is 1. The average molecular weight is 237 g/mol. The number of imidazole rings is 1. The number of aliphatic hydroxyl groups is 1. The molecule has 0 aliphatic carbocycles. The molecular weight excluding hydrogens is 224 g/mol. The maximum atomic E-state index is 8.83. The van der Waals surface area contributed by atoms with E-state index in [4.69, 9.17) is 16.7 Å². The van der Waals surface area contributed by atoms with Gasteiger partial charge in [0.15, 0.2) is 0 Å². The smallest absolute Gasteiger partial charge is 0.134 e. The molecule has 1 heterocycles. The third-order valence-corrected chi connectivity index (χ3v) is 2.62. The zero-order chi connectivity index (χ0) is 11.5. The van der Waals surface area contributed by atoms with Gasteiger partial charge >= 0.3 is 0 Å². The number of nitrogens with zero attached hydrogens (tertiary/aromatic N) is 1. The molecule has 84 valence electrons. The van der Waals surface area contributed by atoms with E-state index in [0.29, 0.717) is 17.4 Å². The standard InChI is InChI=1S/C12H13ClN2O/c1-8-3-2-4-9(7-8)11-12(13)15-10(14-11)5-6-16/h2-4,7,16H,5-6H2,1H3,(H,14,15). The molecule has 0 bridgehead atoms. The first kappa shape index (κ1) is 11.2. The summed E-state index contributed by atoms with van der Waals surface area (Å²) in [4.78, 5) is 7.32. The van der Waals surface area contributed by atoms with Crippen molar-refractivity contribution in [1.29, 1.82) is 0 Å². The molecule has 16 heavy (non-hydrogen) atoms.